The molecule has 0 unspecified atom stereocenters. The van der Waals surface area contributed by atoms with Gasteiger partial charge in [-0.25, -0.2) is 4.98 Å². The van der Waals surface area contributed by atoms with Gasteiger partial charge in [-0.2, -0.15) is 0 Å². The Balaban J connectivity index is 2.91. The molecule has 1 heterocycles. The van der Waals surface area contributed by atoms with Crippen molar-refractivity contribution in [2.24, 2.45) is 0 Å². The van der Waals surface area contributed by atoms with Gasteiger partial charge in [-0.15, -0.1) is 0 Å². The van der Waals surface area contributed by atoms with Gasteiger partial charge in [0, 0.05) is 16.8 Å². The molecule has 1 aromatic heterocycles. The smallest absolute Gasteiger partial charge is 0.129 e. The lowest BCUT2D eigenvalue weighted by Gasteiger charge is -2.06. The Morgan fingerprint density at radius 2 is 2.00 bits per heavy atom. The molecule has 0 saturated carbocycles. The average molecular weight is 267 g/mol. The van der Waals surface area contributed by atoms with Crippen LogP contribution in [0.5, 0.6) is 0 Å². The van der Waals surface area contributed by atoms with Gasteiger partial charge in [0.25, 0.3) is 0 Å². The molecule has 68 valence electrons. The summed E-state index contributed by atoms with van der Waals surface area (Å²) in [6.45, 7) is 11.5. The van der Waals surface area contributed by atoms with Crippen LogP contribution in [0.25, 0.3) is 10.9 Å². The van der Waals surface area contributed by atoms with Gasteiger partial charge in [-0.1, -0.05) is 11.6 Å². The predicted octanol–water partition coefficient (Wildman–Crippen LogP) is 3.77. The van der Waals surface area contributed by atoms with Gasteiger partial charge in [0.05, 0.1) is 5.52 Å². The molecule has 2 aromatic rings. The van der Waals surface area contributed by atoms with Crippen molar-refractivity contribution in [3.05, 3.63) is 52.8 Å². The van der Waals surface area contributed by atoms with Crippen molar-refractivity contribution >= 4 is 38.4 Å². The molecule has 0 aliphatic heterocycles. The predicted molar refractivity (Wildman–Crippen MR) is 61.3 cm³/mol. The number of aromatic nitrogens is 1. The molecule has 14 heavy (non-hydrogen) atoms. The Bertz CT molecular complexity index is 508. The first-order valence-corrected chi connectivity index (χ1v) is 5.06. The molecule has 1 aromatic carbocycles. The summed E-state index contributed by atoms with van der Waals surface area (Å²) < 4.78 is 0.761. The number of fused-ring (bicyclic) bond motifs is 1. The van der Waals surface area contributed by atoms with E-state index in [9.17, 15) is 0 Å². The van der Waals surface area contributed by atoms with Crippen molar-refractivity contribution < 1.29 is 0 Å². The molecule has 2 rings (SSSR count). The maximum absolute atomic E-state index is 5.76. The van der Waals surface area contributed by atoms with E-state index >= 15 is 0 Å². The highest BCUT2D eigenvalue weighted by molar-refractivity contribution is 9.10. The van der Waals surface area contributed by atoms with Crippen molar-refractivity contribution in [3.63, 3.8) is 0 Å². The van der Waals surface area contributed by atoms with Crippen LogP contribution in [0, 0.1) is 13.8 Å². The first-order chi connectivity index (χ1) is 6.59. The third-order valence-electron chi connectivity index (χ3n) is 1.97. The van der Waals surface area contributed by atoms with Crippen molar-refractivity contribution in [2.75, 3.05) is 0 Å². The quantitative estimate of drug-likeness (QED) is 0.662. The molecule has 0 N–H and O–H groups in total. The highest BCUT2D eigenvalue weighted by atomic mass is 79.9. The Kier molecular flexibility index (Phi) is 2.50. The third kappa shape index (κ3) is 1.53. The number of hydrogen-bond acceptors (Lipinski definition) is 1. The number of hydrogen-bond donors (Lipinski definition) is 0. The zero-order valence-corrected chi connectivity index (χ0v) is 9.43. The van der Waals surface area contributed by atoms with Crippen LogP contribution < -0.4 is 0 Å². The van der Waals surface area contributed by atoms with E-state index in [1.165, 1.54) is 0 Å². The molecule has 0 amide bonds. The Hall–Kier alpha value is -0.600. The van der Waals surface area contributed by atoms with E-state index in [4.69, 9.17) is 25.4 Å². The van der Waals surface area contributed by atoms with Crippen LogP contribution >= 0.6 is 27.5 Å². The molecule has 3 heteroatoms. The number of halogens is 2. The van der Waals surface area contributed by atoms with Gasteiger partial charge in [0.15, 0.2) is 0 Å². The molecule has 0 aliphatic carbocycles. The van der Waals surface area contributed by atoms with E-state index in [0.717, 1.165) is 15.4 Å². The van der Waals surface area contributed by atoms with E-state index in [-0.39, 0.29) is 0 Å². The maximum Gasteiger partial charge on any atom is 0.129 e. The van der Waals surface area contributed by atoms with Crippen LogP contribution in [0.2, 0.25) is 5.15 Å². The lowest BCUT2D eigenvalue weighted by Crippen LogP contribution is -1.88. The Labute approximate surface area is 96.2 Å². The topological polar surface area (TPSA) is 12.9 Å². The van der Waals surface area contributed by atoms with Crippen LogP contribution in [0.15, 0.2) is 22.7 Å². The fraction of sp³-hybridized carbons (Fsp3) is 0. The highest BCUT2D eigenvalue weighted by Gasteiger charge is 2.06. The van der Waals surface area contributed by atoms with E-state index < -0.39 is 0 Å². The summed E-state index contributed by atoms with van der Waals surface area (Å²) in [6.07, 6.45) is 0. The van der Waals surface area contributed by atoms with Crippen molar-refractivity contribution in [2.45, 2.75) is 0 Å². The lowest BCUT2D eigenvalue weighted by atomic mass is 10.1. The minimum Gasteiger partial charge on any atom is -0.236 e. The fourth-order valence-corrected chi connectivity index (χ4v) is 1.96. The average Bonchev–Trinajstić information content (AvgIpc) is 2.14. The second kappa shape index (κ2) is 3.52. The minimum absolute atomic E-state index is 0.438. The van der Waals surface area contributed by atoms with Crippen molar-refractivity contribution in [1.82, 2.24) is 4.98 Å². The zero-order valence-electron chi connectivity index (χ0n) is 7.09. The Morgan fingerprint density at radius 1 is 1.29 bits per heavy atom. The monoisotopic (exact) mass is 265 g/mol. The van der Waals surface area contributed by atoms with E-state index in [1.807, 2.05) is 6.07 Å². The fourth-order valence-electron chi connectivity index (χ4n) is 1.24. The standard InChI is InChI=1S/C11H5BrClN/c1-6-5-9-8(11(12)7(6)2)3-4-10(13)14-9/h1-5H. The van der Waals surface area contributed by atoms with Gasteiger partial charge >= 0.3 is 0 Å². The summed E-state index contributed by atoms with van der Waals surface area (Å²) in [6, 6.07) is 5.27. The number of benzene rings is 1. The largest absolute Gasteiger partial charge is 0.236 e. The zero-order chi connectivity index (χ0) is 10.3. The van der Waals surface area contributed by atoms with E-state index in [2.05, 4.69) is 20.9 Å². The van der Waals surface area contributed by atoms with Gasteiger partial charge in [0.1, 0.15) is 5.15 Å². The molecule has 1 nitrogen and oxygen atoms in total. The SMILES string of the molecule is [CH]c1cc2nc(Cl)ccc2c(Br)c1[CH]. The maximum atomic E-state index is 5.76. The van der Waals surface area contributed by atoms with Crippen LogP contribution in [0.3, 0.4) is 0 Å². The van der Waals surface area contributed by atoms with Crippen LogP contribution in [0.4, 0.5) is 0 Å². The summed E-state index contributed by atoms with van der Waals surface area (Å²) in [5.41, 5.74) is 1.76. The van der Waals surface area contributed by atoms with Gasteiger partial charge in [0.2, 0.25) is 0 Å². The molecule has 0 saturated heterocycles. The van der Waals surface area contributed by atoms with E-state index in [1.54, 1.807) is 12.1 Å². The van der Waals surface area contributed by atoms with Crippen LogP contribution in [-0.2, 0) is 0 Å². The summed E-state index contributed by atoms with van der Waals surface area (Å²) in [4.78, 5) is 4.14. The molecule has 0 spiro atoms. The number of pyridine rings is 1. The number of nitrogens with zero attached hydrogens (tertiary/aromatic N) is 1. The first-order valence-electron chi connectivity index (χ1n) is 3.89. The molecule has 4 radical (unpaired) electrons. The normalized spacial score (nSPS) is 10.9. The summed E-state index contributed by atoms with van der Waals surface area (Å²) in [5.74, 6) is 0. The first kappa shape index (κ1) is 9.94. The van der Waals surface area contributed by atoms with Crippen molar-refractivity contribution in [1.29, 1.82) is 0 Å². The second-order valence-corrected chi connectivity index (χ2v) is 4.07. The minimum atomic E-state index is 0.438. The van der Waals surface area contributed by atoms with Crippen LogP contribution in [-0.4, -0.2) is 4.98 Å². The van der Waals surface area contributed by atoms with E-state index in [0.29, 0.717) is 16.3 Å². The molecular formula is C11H5BrClN. The van der Waals surface area contributed by atoms with Gasteiger partial charge in [-0.05, 0) is 52.2 Å². The third-order valence-corrected chi connectivity index (χ3v) is 3.03. The summed E-state index contributed by atoms with van der Waals surface area (Å²) in [5, 5.41) is 1.34. The second-order valence-electron chi connectivity index (χ2n) is 2.89. The molecule has 0 atom stereocenters. The molecular weight excluding hydrogens is 261 g/mol. The number of rotatable bonds is 0. The van der Waals surface area contributed by atoms with Crippen molar-refractivity contribution in [3.8, 4) is 0 Å². The highest BCUT2D eigenvalue weighted by Crippen LogP contribution is 2.29. The van der Waals surface area contributed by atoms with Gasteiger partial charge in [-0.3, -0.25) is 0 Å². The summed E-state index contributed by atoms with van der Waals surface area (Å²) >= 11 is 9.13. The summed E-state index contributed by atoms with van der Waals surface area (Å²) in [7, 11) is 0. The molecule has 0 bridgehead atoms. The Morgan fingerprint density at radius 3 is 2.71 bits per heavy atom. The van der Waals surface area contributed by atoms with Crippen LogP contribution in [0.1, 0.15) is 11.1 Å². The lowest BCUT2D eigenvalue weighted by molar-refractivity contribution is 1.39. The van der Waals surface area contributed by atoms with Gasteiger partial charge < -0.3 is 0 Å². The molecule has 0 aliphatic rings. The molecule has 0 fully saturated rings.